The first-order valence-corrected chi connectivity index (χ1v) is 3.52. The van der Waals surface area contributed by atoms with Crippen LogP contribution in [0.5, 0.6) is 0 Å². The van der Waals surface area contributed by atoms with E-state index in [1.807, 2.05) is 0 Å². The SMILES string of the molecule is COC(=O)c1ccc(F)c(C=O)c1. The summed E-state index contributed by atoms with van der Waals surface area (Å²) in [5.41, 5.74) is 0.00824. The standard InChI is InChI=1S/C9H7FO3/c1-13-9(12)6-2-3-8(10)7(4-6)5-11/h2-5H,1H3. The van der Waals surface area contributed by atoms with Crippen LogP contribution in [0.4, 0.5) is 4.39 Å². The molecule has 0 heterocycles. The Kier molecular flexibility index (Phi) is 2.74. The second kappa shape index (κ2) is 3.80. The van der Waals surface area contributed by atoms with E-state index in [9.17, 15) is 14.0 Å². The summed E-state index contributed by atoms with van der Waals surface area (Å²) in [5, 5.41) is 0. The van der Waals surface area contributed by atoms with Gasteiger partial charge >= 0.3 is 5.97 Å². The fraction of sp³-hybridized carbons (Fsp3) is 0.111. The van der Waals surface area contributed by atoms with E-state index in [0.29, 0.717) is 6.29 Å². The van der Waals surface area contributed by atoms with Gasteiger partial charge in [0.2, 0.25) is 0 Å². The van der Waals surface area contributed by atoms with Gasteiger partial charge in [-0.25, -0.2) is 9.18 Å². The summed E-state index contributed by atoms with van der Waals surface area (Å²) < 4.78 is 17.2. The number of hydrogen-bond acceptors (Lipinski definition) is 3. The van der Waals surface area contributed by atoms with Gasteiger partial charge in [0.25, 0.3) is 0 Å². The molecule has 0 radical (unpaired) electrons. The van der Waals surface area contributed by atoms with Crippen LogP contribution in [0, 0.1) is 5.82 Å². The molecule has 0 atom stereocenters. The monoisotopic (exact) mass is 182 g/mol. The van der Waals surface area contributed by atoms with E-state index in [2.05, 4.69) is 4.74 Å². The molecular weight excluding hydrogens is 175 g/mol. The van der Waals surface area contributed by atoms with Gasteiger partial charge in [-0.15, -0.1) is 0 Å². The number of esters is 1. The minimum Gasteiger partial charge on any atom is -0.465 e. The molecule has 0 aliphatic rings. The van der Waals surface area contributed by atoms with Crippen molar-refractivity contribution in [2.75, 3.05) is 7.11 Å². The molecular formula is C9H7FO3. The van der Waals surface area contributed by atoms with E-state index in [1.165, 1.54) is 13.2 Å². The van der Waals surface area contributed by atoms with Crippen molar-refractivity contribution in [3.63, 3.8) is 0 Å². The van der Waals surface area contributed by atoms with Crippen LogP contribution in [0.3, 0.4) is 0 Å². The van der Waals surface area contributed by atoms with E-state index in [0.717, 1.165) is 12.1 Å². The average molecular weight is 182 g/mol. The summed E-state index contributed by atoms with van der Waals surface area (Å²) in [6.07, 6.45) is 0.349. The zero-order valence-corrected chi connectivity index (χ0v) is 6.91. The maximum Gasteiger partial charge on any atom is 0.337 e. The van der Waals surface area contributed by atoms with Crippen LogP contribution < -0.4 is 0 Å². The maximum absolute atomic E-state index is 12.8. The molecule has 13 heavy (non-hydrogen) atoms. The van der Waals surface area contributed by atoms with Gasteiger partial charge in [-0.2, -0.15) is 0 Å². The topological polar surface area (TPSA) is 43.4 Å². The molecule has 1 aromatic carbocycles. The molecule has 1 rings (SSSR count). The van der Waals surface area contributed by atoms with Crippen molar-refractivity contribution in [3.8, 4) is 0 Å². The van der Waals surface area contributed by atoms with E-state index in [4.69, 9.17) is 0 Å². The summed E-state index contributed by atoms with van der Waals surface area (Å²) >= 11 is 0. The van der Waals surface area contributed by atoms with Gasteiger partial charge in [-0.3, -0.25) is 4.79 Å². The van der Waals surface area contributed by atoms with Crippen molar-refractivity contribution in [3.05, 3.63) is 35.1 Å². The Balaban J connectivity index is 3.13. The number of aldehydes is 1. The first-order chi connectivity index (χ1) is 6.19. The van der Waals surface area contributed by atoms with Gasteiger partial charge < -0.3 is 4.74 Å². The highest BCUT2D eigenvalue weighted by atomic mass is 19.1. The van der Waals surface area contributed by atoms with Crippen molar-refractivity contribution >= 4 is 12.3 Å². The fourth-order valence-electron chi connectivity index (χ4n) is 0.879. The number of ether oxygens (including phenoxy) is 1. The smallest absolute Gasteiger partial charge is 0.337 e. The molecule has 0 aromatic heterocycles. The molecule has 0 spiro atoms. The lowest BCUT2D eigenvalue weighted by Crippen LogP contribution is -2.02. The third-order valence-corrected chi connectivity index (χ3v) is 1.54. The van der Waals surface area contributed by atoms with E-state index in [1.54, 1.807) is 0 Å². The predicted molar refractivity (Wildman–Crippen MR) is 43.1 cm³/mol. The number of hydrogen-bond donors (Lipinski definition) is 0. The van der Waals surface area contributed by atoms with Gasteiger partial charge in [0, 0.05) is 0 Å². The molecule has 0 N–H and O–H groups in total. The Hall–Kier alpha value is -1.71. The third kappa shape index (κ3) is 1.90. The van der Waals surface area contributed by atoms with Gasteiger partial charge in [-0.1, -0.05) is 0 Å². The van der Waals surface area contributed by atoms with Crippen molar-refractivity contribution in [1.82, 2.24) is 0 Å². The second-order valence-corrected chi connectivity index (χ2v) is 2.35. The molecule has 0 aliphatic carbocycles. The molecule has 4 heteroatoms. The number of rotatable bonds is 2. The lowest BCUT2D eigenvalue weighted by Gasteiger charge is -1.99. The normalized spacial score (nSPS) is 9.38. The molecule has 0 unspecified atom stereocenters. The highest BCUT2D eigenvalue weighted by molar-refractivity contribution is 5.91. The van der Waals surface area contributed by atoms with Crippen molar-refractivity contribution < 1.29 is 18.7 Å². The summed E-state index contributed by atoms with van der Waals surface area (Å²) in [4.78, 5) is 21.2. The molecule has 1 aromatic rings. The quantitative estimate of drug-likeness (QED) is 0.513. The molecule has 0 amide bonds. The van der Waals surface area contributed by atoms with E-state index in [-0.39, 0.29) is 11.1 Å². The fourth-order valence-corrected chi connectivity index (χ4v) is 0.879. The highest BCUT2D eigenvalue weighted by Gasteiger charge is 2.08. The summed E-state index contributed by atoms with van der Waals surface area (Å²) in [7, 11) is 1.21. The van der Waals surface area contributed by atoms with Gasteiger partial charge in [0.15, 0.2) is 6.29 Å². The Morgan fingerprint density at radius 2 is 2.23 bits per heavy atom. The molecule has 0 bridgehead atoms. The van der Waals surface area contributed by atoms with Gasteiger partial charge in [0.05, 0.1) is 18.2 Å². The lowest BCUT2D eigenvalue weighted by atomic mass is 10.1. The van der Waals surface area contributed by atoms with Crippen molar-refractivity contribution in [2.45, 2.75) is 0 Å². The first kappa shape index (κ1) is 9.38. The first-order valence-electron chi connectivity index (χ1n) is 3.52. The van der Waals surface area contributed by atoms with Crippen LogP contribution >= 0.6 is 0 Å². The number of carbonyl (C=O) groups excluding carboxylic acids is 2. The zero-order chi connectivity index (χ0) is 9.84. The van der Waals surface area contributed by atoms with Crippen LogP contribution in [0.25, 0.3) is 0 Å². The van der Waals surface area contributed by atoms with Crippen LogP contribution in [0.1, 0.15) is 20.7 Å². The molecule has 0 saturated heterocycles. The molecule has 0 aliphatic heterocycles. The van der Waals surface area contributed by atoms with Crippen LogP contribution in [0.15, 0.2) is 18.2 Å². The Morgan fingerprint density at radius 1 is 1.54 bits per heavy atom. The van der Waals surface area contributed by atoms with Gasteiger partial charge in [-0.05, 0) is 18.2 Å². The van der Waals surface area contributed by atoms with E-state index >= 15 is 0 Å². The summed E-state index contributed by atoms with van der Waals surface area (Å²) in [6, 6.07) is 3.46. The molecule has 0 saturated carbocycles. The Bertz CT molecular complexity index is 347. The number of methoxy groups -OCH3 is 1. The van der Waals surface area contributed by atoms with Crippen LogP contribution in [-0.4, -0.2) is 19.4 Å². The number of benzene rings is 1. The Morgan fingerprint density at radius 3 is 2.77 bits per heavy atom. The Labute approximate surface area is 74.1 Å². The zero-order valence-electron chi connectivity index (χ0n) is 6.91. The number of carbonyl (C=O) groups is 2. The summed E-state index contributed by atoms with van der Waals surface area (Å²) in [5.74, 6) is -1.24. The van der Waals surface area contributed by atoms with Crippen molar-refractivity contribution in [2.24, 2.45) is 0 Å². The molecule has 68 valence electrons. The second-order valence-electron chi connectivity index (χ2n) is 2.35. The lowest BCUT2D eigenvalue weighted by molar-refractivity contribution is 0.0600. The van der Waals surface area contributed by atoms with Crippen molar-refractivity contribution in [1.29, 1.82) is 0 Å². The summed E-state index contributed by atoms with van der Waals surface area (Å²) in [6.45, 7) is 0. The van der Waals surface area contributed by atoms with Crippen LogP contribution in [0.2, 0.25) is 0 Å². The molecule has 3 nitrogen and oxygen atoms in total. The average Bonchev–Trinajstić information content (AvgIpc) is 2.17. The third-order valence-electron chi connectivity index (χ3n) is 1.54. The number of halogens is 1. The molecule has 0 fully saturated rings. The van der Waals surface area contributed by atoms with E-state index < -0.39 is 11.8 Å². The van der Waals surface area contributed by atoms with Crippen LogP contribution in [-0.2, 0) is 4.74 Å². The maximum atomic E-state index is 12.8. The van der Waals surface area contributed by atoms with Gasteiger partial charge in [0.1, 0.15) is 5.82 Å². The minimum atomic E-state index is -0.650. The largest absolute Gasteiger partial charge is 0.465 e. The highest BCUT2D eigenvalue weighted by Crippen LogP contribution is 2.09. The minimum absolute atomic E-state index is 0.150. The predicted octanol–water partition coefficient (Wildman–Crippen LogP) is 1.42.